The van der Waals surface area contributed by atoms with Crippen molar-refractivity contribution in [3.8, 4) is 0 Å². The van der Waals surface area contributed by atoms with Crippen molar-refractivity contribution in [2.24, 2.45) is 0 Å². The van der Waals surface area contributed by atoms with Gasteiger partial charge in [-0.25, -0.2) is 4.98 Å². The normalized spacial score (nSPS) is 11.8. The van der Waals surface area contributed by atoms with Crippen LogP contribution in [0.1, 0.15) is 21.0 Å². The summed E-state index contributed by atoms with van der Waals surface area (Å²) in [5.74, 6) is 0. The number of nitrogens with zero attached hydrogens (tertiary/aromatic N) is 1. The molecule has 2 aromatic rings. The van der Waals surface area contributed by atoms with Crippen molar-refractivity contribution in [2.75, 3.05) is 0 Å². The van der Waals surface area contributed by atoms with Crippen LogP contribution in [-0.4, -0.2) is 4.98 Å². The van der Waals surface area contributed by atoms with Gasteiger partial charge in [0.25, 0.3) is 0 Å². The summed E-state index contributed by atoms with van der Waals surface area (Å²) >= 11 is 1.61. The lowest BCUT2D eigenvalue weighted by atomic mass is 10.1. The second-order valence-electron chi connectivity index (χ2n) is 4.16. The van der Waals surface area contributed by atoms with Gasteiger partial charge in [-0.3, -0.25) is 0 Å². The molecule has 0 aliphatic heterocycles. The minimum atomic E-state index is -4.27. The van der Waals surface area contributed by atoms with Crippen molar-refractivity contribution in [2.45, 2.75) is 26.2 Å². The van der Waals surface area contributed by atoms with Crippen LogP contribution in [0.3, 0.4) is 0 Å². The van der Waals surface area contributed by atoms with E-state index in [9.17, 15) is 13.2 Å². The van der Waals surface area contributed by atoms with Crippen molar-refractivity contribution < 1.29 is 13.2 Å². The molecule has 1 heterocycles. The summed E-state index contributed by atoms with van der Waals surface area (Å²) in [5.41, 5.74) is 0.202. The average Bonchev–Trinajstić information content (AvgIpc) is 2.75. The third-order valence-corrected chi connectivity index (χ3v) is 3.47. The van der Waals surface area contributed by atoms with Crippen molar-refractivity contribution in [3.05, 3.63) is 51.5 Å². The number of thiazole rings is 1. The second-order valence-corrected chi connectivity index (χ2v) is 5.48. The number of nitrogens with one attached hydrogen (secondary N) is 1. The van der Waals surface area contributed by atoms with Crippen molar-refractivity contribution in [1.82, 2.24) is 10.3 Å². The molecule has 0 amide bonds. The Morgan fingerprint density at radius 2 is 1.84 bits per heavy atom. The maximum atomic E-state index is 12.4. The van der Waals surface area contributed by atoms with Gasteiger partial charge >= 0.3 is 6.18 Å². The zero-order valence-electron chi connectivity index (χ0n) is 10.3. The van der Waals surface area contributed by atoms with E-state index in [1.54, 1.807) is 17.5 Å². The number of hydrogen-bond acceptors (Lipinski definition) is 3. The predicted octanol–water partition coefficient (Wildman–Crippen LogP) is 3.76. The second kappa shape index (κ2) is 5.71. The van der Waals surface area contributed by atoms with Crippen molar-refractivity contribution in [3.63, 3.8) is 0 Å². The van der Waals surface area contributed by atoms with Crippen molar-refractivity contribution in [1.29, 1.82) is 0 Å². The van der Waals surface area contributed by atoms with Gasteiger partial charge in [0.05, 0.1) is 5.56 Å². The largest absolute Gasteiger partial charge is 0.416 e. The molecule has 19 heavy (non-hydrogen) atoms. The first-order valence-corrected chi connectivity index (χ1v) is 6.55. The summed E-state index contributed by atoms with van der Waals surface area (Å²) in [6.07, 6.45) is -2.47. The molecule has 0 fully saturated rings. The molecule has 0 atom stereocenters. The Labute approximate surface area is 113 Å². The maximum absolute atomic E-state index is 12.4. The van der Waals surface area contributed by atoms with Gasteiger partial charge in [-0.15, -0.1) is 11.3 Å². The standard InChI is InChI=1S/C13H13F3N2S/c1-9-6-18-12(19-9)8-17-7-10-2-4-11(5-3-10)13(14,15)16/h2-6,17H,7-8H2,1H3. The van der Waals surface area contributed by atoms with Crippen LogP contribution in [0.15, 0.2) is 30.5 Å². The van der Waals surface area contributed by atoms with Gasteiger partial charge in [0, 0.05) is 24.2 Å². The first-order valence-electron chi connectivity index (χ1n) is 5.73. The molecular weight excluding hydrogens is 273 g/mol. The van der Waals surface area contributed by atoms with E-state index in [0.717, 1.165) is 27.6 Å². The fourth-order valence-corrected chi connectivity index (χ4v) is 2.37. The van der Waals surface area contributed by atoms with Crippen LogP contribution in [0.5, 0.6) is 0 Å². The molecule has 1 N–H and O–H groups in total. The lowest BCUT2D eigenvalue weighted by Gasteiger charge is -2.08. The summed E-state index contributed by atoms with van der Waals surface area (Å²) in [4.78, 5) is 5.35. The van der Waals surface area contributed by atoms with Gasteiger partial charge in [-0.2, -0.15) is 13.2 Å². The number of aryl methyl sites for hydroxylation is 1. The fraction of sp³-hybridized carbons (Fsp3) is 0.308. The van der Waals surface area contributed by atoms with E-state index in [1.165, 1.54) is 12.1 Å². The summed E-state index contributed by atoms with van der Waals surface area (Å²) < 4.78 is 37.1. The van der Waals surface area contributed by atoms with Crippen molar-refractivity contribution >= 4 is 11.3 Å². The number of benzene rings is 1. The minimum Gasteiger partial charge on any atom is -0.306 e. The van der Waals surface area contributed by atoms with Gasteiger partial charge in [0.15, 0.2) is 0 Å². The Hall–Kier alpha value is -1.40. The molecule has 102 valence electrons. The Bertz CT molecular complexity index is 532. The highest BCUT2D eigenvalue weighted by molar-refractivity contribution is 7.11. The molecule has 0 saturated carbocycles. The molecule has 0 unspecified atom stereocenters. The van der Waals surface area contributed by atoms with Crippen LogP contribution in [0.4, 0.5) is 13.2 Å². The first-order chi connectivity index (χ1) is 8.95. The summed E-state index contributed by atoms with van der Waals surface area (Å²) in [6.45, 7) is 3.13. The zero-order valence-corrected chi connectivity index (χ0v) is 11.1. The number of halogens is 3. The molecule has 1 aromatic heterocycles. The zero-order chi connectivity index (χ0) is 13.9. The molecule has 0 spiro atoms. The van der Waals surface area contributed by atoms with E-state index in [-0.39, 0.29) is 0 Å². The van der Waals surface area contributed by atoms with E-state index < -0.39 is 11.7 Å². The smallest absolute Gasteiger partial charge is 0.306 e. The predicted molar refractivity (Wildman–Crippen MR) is 68.8 cm³/mol. The Morgan fingerprint density at radius 1 is 1.16 bits per heavy atom. The van der Waals surface area contributed by atoms with Crippen LogP contribution < -0.4 is 5.32 Å². The molecule has 0 radical (unpaired) electrons. The molecular formula is C13H13F3N2S. The van der Waals surface area contributed by atoms with E-state index >= 15 is 0 Å². The summed E-state index contributed by atoms with van der Waals surface area (Å²) in [5, 5.41) is 4.13. The molecule has 1 aromatic carbocycles. The van der Waals surface area contributed by atoms with E-state index in [1.807, 2.05) is 6.92 Å². The van der Waals surface area contributed by atoms with E-state index in [2.05, 4.69) is 10.3 Å². The quantitative estimate of drug-likeness (QED) is 0.925. The third-order valence-electron chi connectivity index (χ3n) is 2.56. The minimum absolute atomic E-state index is 0.525. The van der Waals surface area contributed by atoms with Crippen LogP contribution in [-0.2, 0) is 19.3 Å². The highest BCUT2D eigenvalue weighted by Gasteiger charge is 2.29. The highest BCUT2D eigenvalue weighted by Crippen LogP contribution is 2.29. The number of alkyl halides is 3. The lowest BCUT2D eigenvalue weighted by molar-refractivity contribution is -0.137. The molecule has 6 heteroatoms. The number of rotatable bonds is 4. The Balaban J connectivity index is 1.86. The van der Waals surface area contributed by atoms with Crippen LogP contribution in [0.2, 0.25) is 0 Å². The van der Waals surface area contributed by atoms with Gasteiger partial charge in [-0.1, -0.05) is 12.1 Å². The Kier molecular flexibility index (Phi) is 4.21. The van der Waals surface area contributed by atoms with Gasteiger partial charge in [-0.05, 0) is 24.6 Å². The lowest BCUT2D eigenvalue weighted by Crippen LogP contribution is -2.12. The van der Waals surface area contributed by atoms with Crippen LogP contribution in [0, 0.1) is 6.92 Å². The molecule has 2 rings (SSSR count). The Morgan fingerprint density at radius 3 is 2.37 bits per heavy atom. The fourth-order valence-electron chi connectivity index (χ4n) is 1.61. The molecule has 0 aliphatic rings. The van der Waals surface area contributed by atoms with Gasteiger partial charge in [0.1, 0.15) is 5.01 Å². The van der Waals surface area contributed by atoms with Gasteiger partial charge in [0.2, 0.25) is 0 Å². The first kappa shape index (κ1) is 14.0. The SMILES string of the molecule is Cc1cnc(CNCc2ccc(C(F)(F)F)cc2)s1. The summed E-state index contributed by atoms with van der Waals surface area (Å²) in [6, 6.07) is 5.18. The van der Waals surface area contributed by atoms with E-state index in [0.29, 0.717) is 13.1 Å². The molecule has 0 bridgehead atoms. The van der Waals surface area contributed by atoms with E-state index in [4.69, 9.17) is 0 Å². The topological polar surface area (TPSA) is 24.9 Å². The third kappa shape index (κ3) is 4.04. The number of hydrogen-bond donors (Lipinski definition) is 1. The summed E-state index contributed by atoms with van der Waals surface area (Å²) in [7, 11) is 0. The average molecular weight is 286 g/mol. The molecule has 0 saturated heterocycles. The number of aromatic nitrogens is 1. The monoisotopic (exact) mass is 286 g/mol. The molecule has 0 aliphatic carbocycles. The van der Waals surface area contributed by atoms with Crippen LogP contribution in [0.25, 0.3) is 0 Å². The van der Waals surface area contributed by atoms with Crippen LogP contribution >= 0.6 is 11.3 Å². The molecule has 2 nitrogen and oxygen atoms in total. The maximum Gasteiger partial charge on any atom is 0.416 e. The van der Waals surface area contributed by atoms with Gasteiger partial charge < -0.3 is 5.32 Å². The highest BCUT2D eigenvalue weighted by atomic mass is 32.1.